The van der Waals surface area contributed by atoms with Gasteiger partial charge in [-0.1, -0.05) is 34.3 Å². The molecule has 0 aromatic carbocycles. The SMILES string of the molecule is C=C1[C@H]2CC[C@@]3(C)[C@H](c4ccoc4)OC(=O)C[C@]13O[C@@H]1CC(=O)C(C)(C)[C@H](CC(=O)OC)[C@@]21C. The molecule has 7 heteroatoms. The third kappa shape index (κ3) is 2.76. The van der Waals surface area contributed by atoms with Crippen LogP contribution in [0.2, 0.25) is 0 Å². The van der Waals surface area contributed by atoms with Crippen LogP contribution in [0.5, 0.6) is 0 Å². The Labute approximate surface area is 200 Å². The van der Waals surface area contributed by atoms with Crippen LogP contribution in [0, 0.1) is 28.1 Å². The van der Waals surface area contributed by atoms with Gasteiger partial charge in [0, 0.05) is 34.7 Å². The van der Waals surface area contributed by atoms with E-state index in [0.29, 0.717) is 0 Å². The van der Waals surface area contributed by atoms with Crippen LogP contribution in [0.4, 0.5) is 0 Å². The van der Waals surface area contributed by atoms with Crippen molar-refractivity contribution in [3.8, 4) is 0 Å². The standard InChI is InChI=1S/C27H34O7/c1-15-17-7-9-25(4)23(16-8-10-32-14-16)33-22(30)13-27(15,25)34-20-12-19(28)24(2,3)18(26(17,20)5)11-21(29)31-6/h8,10,14,17-18,20,23H,1,7,9,11-13H2,2-6H3/t17-,18+,20-,23+,25+,26-,27+/m1/s1. The number of rotatable bonds is 3. The third-order valence-electron chi connectivity index (χ3n) is 9.98. The summed E-state index contributed by atoms with van der Waals surface area (Å²) in [5, 5.41) is 0. The maximum absolute atomic E-state index is 13.4. The number of fused-ring (bicyclic) bond motifs is 3. The number of esters is 2. The number of ketones is 1. The Kier molecular flexibility index (Phi) is 5.01. The average molecular weight is 471 g/mol. The van der Waals surface area contributed by atoms with Crippen molar-refractivity contribution in [1.29, 1.82) is 0 Å². The quantitative estimate of drug-likeness (QED) is 0.472. The summed E-state index contributed by atoms with van der Waals surface area (Å²) in [6.07, 6.45) is 4.23. The highest BCUT2D eigenvalue weighted by molar-refractivity contribution is 5.87. The first-order valence-corrected chi connectivity index (χ1v) is 12.1. The summed E-state index contributed by atoms with van der Waals surface area (Å²) in [6, 6.07) is 1.82. The monoisotopic (exact) mass is 470 g/mol. The zero-order chi connectivity index (χ0) is 24.7. The molecular weight excluding hydrogens is 436 g/mol. The van der Waals surface area contributed by atoms with E-state index < -0.39 is 34.1 Å². The van der Waals surface area contributed by atoms with Gasteiger partial charge in [0.15, 0.2) is 0 Å². The van der Waals surface area contributed by atoms with Crippen molar-refractivity contribution in [1.82, 2.24) is 0 Å². The highest BCUT2D eigenvalue weighted by atomic mass is 16.6. The van der Waals surface area contributed by atoms with Gasteiger partial charge in [-0.25, -0.2) is 0 Å². The summed E-state index contributed by atoms with van der Waals surface area (Å²) >= 11 is 0. The Morgan fingerprint density at radius 2 is 1.97 bits per heavy atom. The van der Waals surface area contributed by atoms with E-state index in [9.17, 15) is 14.4 Å². The van der Waals surface area contributed by atoms with Crippen LogP contribution in [-0.4, -0.2) is 36.5 Å². The number of cyclic esters (lactones) is 1. The van der Waals surface area contributed by atoms with E-state index >= 15 is 0 Å². The number of ether oxygens (including phenoxy) is 3. The lowest BCUT2D eigenvalue weighted by Crippen LogP contribution is -2.72. The average Bonchev–Trinajstić information content (AvgIpc) is 3.30. The van der Waals surface area contributed by atoms with Crippen LogP contribution in [0.15, 0.2) is 35.2 Å². The third-order valence-corrected chi connectivity index (χ3v) is 9.98. The second kappa shape index (κ2) is 7.30. The summed E-state index contributed by atoms with van der Waals surface area (Å²) < 4.78 is 23.2. The van der Waals surface area contributed by atoms with Crippen LogP contribution < -0.4 is 0 Å². The smallest absolute Gasteiger partial charge is 0.309 e. The van der Waals surface area contributed by atoms with Crippen molar-refractivity contribution in [3.63, 3.8) is 0 Å². The Morgan fingerprint density at radius 1 is 1.24 bits per heavy atom. The first-order valence-electron chi connectivity index (χ1n) is 12.1. The summed E-state index contributed by atoms with van der Waals surface area (Å²) in [5.74, 6) is -0.889. The molecular formula is C27H34O7. The first kappa shape index (κ1) is 23.3. The molecule has 2 bridgehead atoms. The molecule has 0 amide bonds. The van der Waals surface area contributed by atoms with Crippen molar-refractivity contribution >= 4 is 17.7 Å². The van der Waals surface area contributed by atoms with Crippen LogP contribution in [0.25, 0.3) is 0 Å². The predicted octanol–water partition coefficient (Wildman–Crippen LogP) is 4.56. The molecule has 184 valence electrons. The van der Waals surface area contributed by atoms with Gasteiger partial charge in [-0.15, -0.1) is 0 Å². The molecule has 0 radical (unpaired) electrons. The highest BCUT2D eigenvalue weighted by Crippen LogP contribution is 2.71. The fourth-order valence-electron chi connectivity index (χ4n) is 7.88. The number of methoxy groups -OCH3 is 1. The molecule has 7 nitrogen and oxygen atoms in total. The normalized spacial score (nSPS) is 42.9. The van der Waals surface area contributed by atoms with Crippen molar-refractivity contribution < 1.29 is 33.0 Å². The van der Waals surface area contributed by atoms with E-state index in [2.05, 4.69) is 20.4 Å². The van der Waals surface area contributed by atoms with Gasteiger partial charge in [0.25, 0.3) is 0 Å². The van der Waals surface area contributed by atoms with Gasteiger partial charge in [0.2, 0.25) is 0 Å². The summed E-state index contributed by atoms with van der Waals surface area (Å²) in [5.41, 5.74) is -1.05. The topological polar surface area (TPSA) is 92.0 Å². The van der Waals surface area contributed by atoms with Crippen LogP contribution >= 0.6 is 0 Å². The Hall–Kier alpha value is -2.41. The molecule has 2 saturated carbocycles. The van der Waals surface area contributed by atoms with E-state index in [1.807, 2.05) is 19.9 Å². The lowest BCUT2D eigenvalue weighted by molar-refractivity contribution is -0.298. The molecule has 2 aliphatic carbocycles. The highest BCUT2D eigenvalue weighted by Gasteiger charge is 2.73. The number of furan rings is 1. The number of Topliss-reactive ketones (excluding diaryl/α,β-unsaturated/α-hetero) is 1. The van der Waals surface area contributed by atoms with Crippen molar-refractivity contribution in [2.24, 2.45) is 28.1 Å². The summed E-state index contributed by atoms with van der Waals surface area (Å²) in [4.78, 5) is 38.8. The molecule has 5 rings (SSSR count). The molecule has 1 spiro atoms. The lowest BCUT2D eigenvalue weighted by atomic mass is 9.41. The molecule has 0 unspecified atom stereocenters. The summed E-state index contributed by atoms with van der Waals surface area (Å²) in [7, 11) is 1.38. The van der Waals surface area contributed by atoms with Gasteiger partial charge >= 0.3 is 11.9 Å². The first-order chi connectivity index (χ1) is 15.9. The zero-order valence-corrected chi connectivity index (χ0v) is 20.6. The molecule has 2 saturated heterocycles. The largest absolute Gasteiger partial charge is 0.472 e. The molecule has 34 heavy (non-hydrogen) atoms. The predicted molar refractivity (Wildman–Crippen MR) is 121 cm³/mol. The fraction of sp³-hybridized carbons (Fsp3) is 0.667. The zero-order valence-electron chi connectivity index (χ0n) is 20.6. The minimum Gasteiger partial charge on any atom is -0.472 e. The number of carbonyl (C=O) groups excluding carboxylic acids is 3. The molecule has 4 aliphatic rings. The molecule has 4 fully saturated rings. The summed E-state index contributed by atoms with van der Waals surface area (Å²) in [6.45, 7) is 12.6. The van der Waals surface area contributed by atoms with Crippen molar-refractivity contribution in [2.75, 3.05) is 7.11 Å². The Morgan fingerprint density at radius 3 is 2.62 bits per heavy atom. The maximum atomic E-state index is 13.4. The lowest BCUT2D eigenvalue weighted by Gasteiger charge is -2.70. The van der Waals surface area contributed by atoms with E-state index in [0.717, 1.165) is 24.0 Å². The van der Waals surface area contributed by atoms with Gasteiger partial charge in [0.05, 0.1) is 32.2 Å². The number of hydrogen-bond donors (Lipinski definition) is 0. The van der Waals surface area contributed by atoms with E-state index in [1.165, 1.54) is 7.11 Å². The van der Waals surface area contributed by atoms with Crippen molar-refractivity contribution in [3.05, 3.63) is 36.3 Å². The van der Waals surface area contributed by atoms with Gasteiger partial charge in [0.1, 0.15) is 17.5 Å². The molecule has 1 aromatic heterocycles. The van der Waals surface area contributed by atoms with E-state index in [-0.39, 0.29) is 48.8 Å². The maximum Gasteiger partial charge on any atom is 0.309 e. The fourth-order valence-corrected chi connectivity index (χ4v) is 7.88. The number of hydrogen-bond acceptors (Lipinski definition) is 7. The molecule has 3 heterocycles. The molecule has 1 aromatic rings. The Balaban J connectivity index is 1.63. The molecule has 7 atom stereocenters. The van der Waals surface area contributed by atoms with Crippen LogP contribution in [0.1, 0.15) is 71.5 Å². The van der Waals surface area contributed by atoms with Crippen LogP contribution in [0.3, 0.4) is 0 Å². The van der Waals surface area contributed by atoms with Crippen molar-refractivity contribution in [2.45, 2.75) is 77.6 Å². The van der Waals surface area contributed by atoms with Crippen LogP contribution in [-0.2, 0) is 28.6 Å². The van der Waals surface area contributed by atoms with Gasteiger partial charge < -0.3 is 18.6 Å². The second-order valence-corrected chi connectivity index (χ2v) is 11.6. The second-order valence-electron chi connectivity index (χ2n) is 11.6. The minimum absolute atomic E-state index is 0.00254. The Bertz CT molecular complexity index is 1060. The van der Waals surface area contributed by atoms with Gasteiger partial charge in [-0.2, -0.15) is 0 Å². The van der Waals surface area contributed by atoms with E-state index in [4.69, 9.17) is 18.6 Å². The van der Waals surface area contributed by atoms with Gasteiger partial charge in [-0.3, -0.25) is 14.4 Å². The minimum atomic E-state index is -0.949. The van der Waals surface area contributed by atoms with E-state index in [1.54, 1.807) is 12.5 Å². The molecule has 0 N–H and O–H groups in total. The van der Waals surface area contributed by atoms with Gasteiger partial charge in [-0.05, 0) is 36.3 Å². The molecule has 2 aliphatic heterocycles. The number of carbonyl (C=O) groups is 3.